The molecule has 1 unspecified atom stereocenters. The van der Waals surface area contributed by atoms with E-state index in [9.17, 15) is 4.79 Å². The van der Waals surface area contributed by atoms with Crippen LogP contribution in [0.3, 0.4) is 0 Å². The van der Waals surface area contributed by atoms with E-state index in [1.807, 2.05) is 11.8 Å². The second-order valence-electron chi connectivity index (χ2n) is 5.82. The first-order chi connectivity index (χ1) is 9.53. The molecule has 1 atom stereocenters. The summed E-state index contributed by atoms with van der Waals surface area (Å²) in [4.78, 5) is 18.1. The molecule has 1 aliphatic rings. The van der Waals surface area contributed by atoms with Crippen molar-refractivity contribution in [3.63, 3.8) is 0 Å². The lowest BCUT2D eigenvalue weighted by Gasteiger charge is -2.38. The second kappa shape index (κ2) is 9.73. The Morgan fingerprint density at radius 2 is 1.95 bits per heavy atom. The second-order valence-corrected chi connectivity index (χ2v) is 6.85. The van der Waals surface area contributed by atoms with E-state index in [0.717, 1.165) is 45.6 Å². The lowest BCUT2D eigenvalue weighted by atomic mass is 9.95. The fourth-order valence-electron chi connectivity index (χ4n) is 2.72. The zero-order chi connectivity index (χ0) is 14.6. The third-order valence-corrected chi connectivity index (χ3v) is 4.74. The lowest BCUT2D eigenvalue weighted by molar-refractivity contribution is -0.138. The number of hydrogen-bond acceptors (Lipinski definition) is 4. The van der Waals surface area contributed by atoms with Crippen LogP contribution in [0.4, 0.5) is 0 Å². The van der Waals surface area contributed by atoms with Gasteiger partial charge in [0.15, 0.2) is 0 Å². The highest BCUT2D eigenvalue weighted by atomic mass is 35.5. The van der Waals surface area contributed by atoms with Gasteiger partial charge in [0.2, 0.25) is 5.91 Å². The predicted octanol–water partition coefficient (Wildman–Crippen LogP) is 2.75. The van der Waals surface area contributed by atoms with E-state index in [1.165, 1.54) is 4.88 Å². The number of carbonyl (C=O) groups is 1. The fourth-order valence-corrected chi connectivity index (χ4v) is 3.47. The van der Waals surface area contributed by atoms with Crippen molar-refractivity contribution in [3.8, 4) is 0 Å². The van der Waals surface area contributed by atoms with Crippen molar-refractivity contribution in [1.29, 1.82) is 0 Å². The first-order valence-corrected chi connectivity index (χ1v) is 8.24. The average Bonchev–Trinajstić information content (AvgIpc) is 2.91. The Bertz CT molecular complexity index is 432. The molecule has 22 heavy (non-hydrogen) atoms. The van der Waals surface area contributed by atoms with E-state index < -0.39 is 5.54 Å². The molecule has 0 aromatic carbocycles. The molecule has 4 nitrogen and oxygen atoms in total. The smallest absolute Gasteiger partial charge is 0.242 e. The van der Waals surface area contributed by atoms with E-state index in [4.69, 9.17) is 5.73 Å². The molecule has 1 aromatic heterocycles. The van der Waals surface area contributed by atoms with Gasteiger partial charge in [0.1, 0.15) is 0 Å². The monoisotopic (exact) mass is 367 g/mol. The predicted molar refractivity (Wildman–Crippen MR) is 98.2 cm³/mol. The lowest BCUT2D eigenvalue weighted by Crippen LogP contribution is -2.58. The molecular formula is C15H27Cl2N3OS. The molecule has 2 heterocycles. The van der Waals surface area contributed by atoms with E-state index in [0.29, 0.717) is 0 Å². The van der Waals surface area contributed by atoms with Gasteiger partial charge in [-0.1, -0.05) is 19.4 Å². The molecule has 2 N–H and O–H groups in total. The molecule has 7 heteroatoms. The normalized spacial score (nSPS) is 18.0. The van der Waals surface area contributed by atoms with Crippen molar-refractivity contribution >= 4 is 42.1 Å². The maximum Gasteiger partial charge on any atom is 0.242 e. The van der Waals surface area contributed by atoms with Gasteiger partial charge in [-0.15, -0.1) is 36.2 Å². The van der Waals surface area contributed by atoms with Crippen molar-refractivity contribution in [3.05, 3.63) is 22.4 Å². The average molecular weight is 368 g/mol. The highest BCUT2D eigenvalue weighted by Crippen LogP contribution is 2.17. The van der Waals surface area contributed by atoms with Gasteiger partial charge in [0.05, 0.1) is 5.54 Å². The summed E-state index contributed by atoms with van der Waals surface area (Å²) in [6.45, 7) is 8.38. The van der Waals surface area contributed by atoms with E-state index in [2.05, 4.69) is 29.3 Å². The molecule has 1 saturated heterocycles. The van der Waals surface area contributed by atoms with Crippen LogP contribution in [-0.4, -0.2) is 47.4 Å². The Morgan fingerprint density at radius 3 is 2.45 bits per heavy atom. The molecule has 1 aromatic rings. The largest absolute Gasteiger partial charge is 0.339 e. The number of thiophene rings is 1. The first kappa shape index (κ1) is 21.7. The third kappa shape index (κ3) is 5.70. The number of amides is 1. The van der Waals surface area contributed by atoms with Crippen LogP contribution in [-0.2, 0) is 11.3 Å². The van der Waals surface area contributed by atoms with Crippen LogP contribution in [0.5, 0.6) is 0 Å². The van der Waals surface area contributed by atoms with Crippen LogP contribution in [0.2, 0.25) is 0 Å². The molecule has 1 aliphatic heterocycles. The van der Waals surface area contributed by atoms with E-state index in [1.54, 1.807) is 11.3 Å². The van der Waals surface area contributed by atoms with Crippen molar-refractivity contribution in [2.24, 2.45) is 5.73 Å². The van der Waals surface area contributed by atoms with E-state index in [-0.39, 0.29) is 30.7 Å². The molecule has 0 saturated carbocycles. The Morgan fingerprint density at radius 1 is 1.32 bits per heavy atom. The molecule has 0 spiro atoms. The van der Waals surface area contributed by atoms with Gasteiger partial charge < -0.3 is 10.6 Å². The van der Waals surface area contributed by atoms with Crippen LogP contribution in [0.15, 0.2) is 17.5 Å². The van der Waals surface area contributed by atoms with Gasteiger partial charge in [-0.2, -0.15) is 0 Å². The fraction of sp³-hybridized carbons (Fsp3) is 0.667. The number of nitrogens with two attached hydrogens (primary N) is 1. The summed E-state index contributed by atoms with van der Waals surface area (Å²) >= 11 is 1.79. The zero-order valence-corrected chi connectivity index (χ0v) is 15.7. The molecule has 1 amide bonds. The van der Waals surface area contributed by atoms with Gasteiger partial charge in [-0.3, -0.25) is 9.69 Å². The van der Waals surface area contributed by atoms with Crippen molar-refractivity contribution in [2.45, 2.75) is 38.8 Å². The zero-order valence-electron chi connectivity index (χ0n) is 13.3. The molecular weight excluding hydrogens is 341 g/mol. The van der Waals surface area contributed by atoms with Crippen molar-refractivity contribution in [2.75, 3.05) is 26.2 Å². The van der Waals surface area contributed by atoms with Crippen LogP contribution >= 0.6 is 36.2 Å². The van der Waals surface area contributed by atoms with Crippen LogP contribution in [0.25, 0.3) is 0 Å². The van der Waals surface area contributed by atoms with Gasteiger partial charge in [-0.25, -0.2) is 0 Å². The number of hydrogen-bond donors (Lipinski definition) is 1. The number of piperazine rings is 1. The van der Waals surface area contributed by atoms with Gasteiger partial charge in [0.25, 0.3) is 0 Å². The van der Waals surface area contributed by atoms with Crippen molar-refractivity contribution < 1.29 is 4.79 Å². The van der Waals surface area contributed by atoms with Gasteiger partial charge in [-0.05, 0) is 24.8 Å². The Kier molecular flexibility index (Phi) is 9.58. The number of halogens is 2. The van der Waals surface area contributed by atoms with Crippen LogP contribution in [0, 0.1) is 0 Å². The quantitative estimate of drug-likeness (QED) is 0.870. The van der Waals surface area contributed by atoms with Gasteiger partial charge >= 0.3 is 0 Å². The highest BCUT2D eigenvalue weighted by molar-refractivity contribution is 7.09. The minimum Gasteiger partial charge on any atom is -0.339 e. The first-order valence-electron chi connectivity index (χ1n) is 7.36. The number of rotatable bonds is 5. The molecule has 128 valence electrons. The molecule has 2 rings (SSSR count). The highest BCUT2D eigenvalue weighted by Gasteiger charge is 2.33. The number of carbonyl (C=O) groups excluding carboxylic acids is 1. The summed E-state index contributed by atoms with van der Waals surface area (Å²) in [7, 11) is 0. The maximum absolute atomic E-state index is 12.4. The van der Waals surface area contributed by atoms with Gasteiger partial charge in [0, 0.05) is 37.6 Å². The summed E-state index contributed by atoms with van der Waals surface area (Å²) in [5.41, 5.74) is 5.44. The summed E-state index contributed by atoms with van der Waals surface area (Å²) in [5, 5.41) is 2.11. The third-order valence-electron chi connectivity index (χ3n) is 3.88. The Labute approximate surface area is 149 Å². The summed E-state index contributed by atoms with van der Waals surface area (Å²) in [6.07, 6.45) is 1.69. The minimum atomic E-state index is -0.704. The molecule has 1 fully saturated rings. The molecule has 0 radical (unpaired) electrons. The SMILES string of the molecule is CCCC(C)(N)C(=O)N1CCN(Cc2cccs2)CC1.Cl.Cl. The van der Waals surface area contributed by atoms with E-state index >= 15 is 0 Å². The summed E-state index contributed by atoms with van der Waals surface area (Å²) in [6, 6.07) is 4.25. The Hall–Kier alpha value is -0.330. The number of nitrogens with zero attached hydrogens (tertiary/aromatic N) is 2. The molecule has 0 bridgehead atoms. The molecule has 0 aliphatic carbocycles. The summed E-state index contributed by atoms with van der Waals surface area (Å²) in [5.74, 6) is 0.107. The minimum absolute atomic E-state index is 0. The maximum atomic E-state index is 12.4. The van der Waals surface area contributed by atoms with Crippen molar-refractivity contribution in [1.82, 2.24) is 9.80 Å². The van der Waals surface area contributed by atoms with Crippen LogP contribution < -0.4 is 5.73 Å². The van der Waals surface area contributed by atoms with Crippen LogP contribution in [0.1, 0.15) is 31.6 Å². The summed E-state index contributed by atoms with van der Waals surface area (Å²) < 4.78 is 0. The Balaban J connectivity index is 0.00000220. The topological polar surface area (TPSA) is 49.6 Å². The standard InChI is InChI=1S/C15H25N3OS.2ClH/c1-3-6-15(2,16)14(19)18-9-7-17(8-10-18)12-13-5-4-11-20-13;;/h4-5,11H,3,6-10,12,16H2,1-2H3;2*1H.